The number of aromatic nitrogens is 2. The van der Waals surface area contributed by atoms with Gasteiger partial charge < -0.3 is 15.2 Å². The first-order chi connectivity index (χ1) is 9.15. The van der Waals surface area contributed by atoms with Gasteiger partial charge >= 0.3 is 0 Å². The highest BCUT2D eigenvalue weighted by Gasteiger charge is 2.39. The van der Waals surface area contributed by atoms with Crippen molar-refractivity contribution in [3.63, 3.8) is 0 Å². The molecule has 2 N–H and O–H groups in total. The minimum Gasteiger partial charge on any atom is -0.339 e. The molecule has 5 nitrogen and oxygen atoms in total. The average Bonchev–Trinajstić information content (AvgIpc) is 2.92. The second kappa shape index (κ2) is 5.90. The third-order valence-electron chi connectivity index (χ3n) is 4.54. The molecule has 1 fully saturated rings. The minimum absolute atomic E-state index is 0.0923. The summed E-state index contributed by atoms with van der Waals surface area (Å²) in [6, 6.07) is 0. The van der Waals surface area contributed by atoms with Crippen LogP contribution in [0, 0.1) is 5.92 Å². The van der Waals surface area contributed by atoms with E-state index < -0.39 is 0 Å². The van der Waals surface area contributed by atoms with Crippen LogP contribution in [-0.4, -0.2) is 29.8 Å². The highest BCUT2D eigenvalue weighted by Crippen LogP contribution is 2.40. The van der Waals surface area contributed by atoms with E-state index in [2.05, 4.69) is 35.8 Å². The van der Waals surface area contributed by atoms with E-state index in [1.807, 2.05) is 0 Å². The number of hydrogen-bond donors (Lipinski definition) is 1. The van der Waals surface area contributed by atoms with Crippen molar-refractivity contribution in [3.05, 3.63) is 5.89 Å². The van der Waals surface area contributed by atoms with E-state index in [-0.39, 0.29) is 5.41 Å². The Kier molecular flexibility index (Phi) is 4.45. The summed E-state index contributed by atoms with van der Waals surface area (Å²) in [6.45, 7) is 8.88. The zero-order valence-electron chi connectivity index (χ0n) is 12.4. The molecule has 1 aromatic rings. The minimum atomic E-state index is -0.0923. The molecule has 108 valence electrons. The van der Waals surface area contributed by atoms with E-state index in [0.717, 1.165) is 37.7 Å². The van der Waals surface area contributed by atoms with Crippen LogP contribution in [0.15, 0.2) is 4.52 Å². The Morgan fingerprint density at radius 3 is 2.47 bits per heavy atom. The van der Waals surface area contributed by atoms with Crippen molar-refractivity contribution in [2.75, 3.05) is 24.5 Å². The first-order valence-electron chi connectivity index (χ1n) is 7.44. The lowest BCUT2D eigenvalue weighted by molar-refractivity contribution is 0.191. The van der Waals surface area contributed by atoms with E-state index in [9.17, 15) is 0 Å². The SMILES string of the molecule is CCN(CC)c1noc(C2(CN)CCC(C)CC2)n1. The van der Waals surface area contributed by atoms with Gasteiger partial charge in [-0.05, 0) is 50.6 Å². The molecule has 0 unspecified atom stereocenters. The summed E-state index contributed by atoms with van der Waals surface area (Å²) in [4.78, 5) is 6.71. The first kappa shape index (κ1) is 14.3. The number of anilines is 1. The molecule has 1 aliphatic carbocycles. The summed E-state index contributed by atoms with van der Waals surface area (Å²) < 4.78 is 5.54. The van der Waals surface area contributed by atoms with Crippen molar-refractivity contribution >= 4 is 5.95 Å². The van der Waals surface area contributed by atoms with Gasteiger partial charge in [0.25, 0.3) is 5.95 Å². The predicted octanol–water partition coefficient (Wildman–Crippen LogP) is 2.32. The molecule has 1 aromatic heterocycles. The maximum absolute atomic E-state index is 6.02. The van der Waals surface area contributed by atoms with Gasteiger partial charge in [0.05, 0.1) is 5.41 Å². The molecule has 1 aliphatic rings. The second-order valence-electron chi connectivity index (χ2n) is 5.74. The summed E-state index contributed by atoms with van der Waals surface area (Å²) in [5.41, 5.74) is 5.93. The molecule has 0 amide bonds. The van der Waals surface area contributed by atoms with Gasteiger partial charge in [-0.3, -0.25) is 0 Å². The van der Waals surface area contributed by atoms with E-state index in [1.165, 1.54) is 12.8 Å². The molecule has 19 heavy (non-hydrogen) atoms. The Bertz CT molecular complexity index is 392. The molecule has 5 heteroatoms. The highest BCUT2D eigenvalue weighted by atomic mass is 16.5. The Hall–Kier alpha value is -1.10. The van der Waals surface area contributed by atoms with Gasteiger partial charge in [-0.2, -0.15) is 4.98 Å². The third-order valence-corrected chi connectivity index (χ3v) is 4.54. The molecule has 0 spiro atoms. The molecule has 2 rings (SSSR count). The van der Waals surface area contributed by atoms with E-state index in [0.29, 0.717) is 12.5 Å². The fraction of sp³-hybridized carbons (Fsp3) is 0.857. The van der Waals surface area contributed by atoms with Crippen molar-refractivity contribution in [3.8, 4) is 0 Å². The Labute approximate surface area is 115 Å². The monoisotopic (exact) mass is 266 g/mol. The molecule has 1 saturated carbocycles. The van der Waals surface area contributed by atoms with Crippen molar-refractivity contribution in [2.24, 2.45) is 11.7 Å². The van der Waals surface area contributed by atoms with Crippen molar-refractivity contribution < 1.29 is 4.52 Å². The Morgan fingerprint density at radius 2 is 1.95 bits per heavy atom. The molecular weight excluding hydrogens is 240 g/mol. The molecule has 0 aromatic carbocycles. The fourth-order valence-corrected chi connectivity index (χ4v) is 2.89. The van der Waals surface area contributed by atoms with Crippen LogP contribution in [0.4, 0.5) is 5.95 Å². The number of rotatable bonds is 5. The van der Waals surface area contributed by atoms with E-state index in [4.69, 9.17) is 10.3 Å². The Morgan fingerprint density at radius 1 is 1.32 bits per heavy atom. The lowest BCUT2D eigenvalue weighted by Crippen LogP contribution is -2.39. The van der Waals surface area contributed by atoms with Gasteiger partial charge in [0.2, 0.25) is 5.89 Å². The van der Waals surface area contributed by atoms with Crippen LogP contribution in [0.2, 0.25) is 0 Å². The maximum atomic E-state index is 6.02. The number of nitrogens with two attached hydrogens (primary N) is 1. The maximum Gasteiger partial charge on any atom is 0.266 e. The van der Waals surface area contributed by atoms with Crippen LogP contribution in [0.5, 0.6) is 0 Å². The summed E-state index contributed by atoms with van der Waals surface area (Å²) in [5, 5.41) is 4.13. The molecule has 0 bridgehead atoms. The topological polar surface area (TPSA) is 68.2 Å². The smallest absolute Gasteiger partial charge is 0.266 e. The third kappa shape index (κ3) is 2.76. The van der Waals surface area contributed by atoms with Crippen LogP contribution >= 0.6 is 0 Å². The molecule has 0 radical (unpaired) electrons. The first-order valence-corrected chi connectivity index (χ1v) is 7.44. The van der Waals surface area contributed by atoms with Crippen LogP contribution < -0.4 is 10.6 Å². The standard InChI is InChI=1S/C14H26N4O/c1-4-18(5-2)13-16-12(19-17-13)14(10-15)8-6-11(3)7-9-14/h11H,4-10,15H2,1-3H3. The van der Waals surface area contributed by atoms with Gasteiger partial charge in [-0.25, -0.2) is 0 Å². The van der Waals surface area contributed by atoms with Gasteiger partial charge in [0.15, 0.2) is 0 Å². The highest BCUT2D eigenvalue weighted by molar-refractivity contribution is 5.28. The van der Waals surface area contributed by atoms with Crippen LogP contribution in [-0.2, 0) is 5.41 Å². The average molecular weight is 266 g/mol. The quantitative estimate of drug-likeness (QED) is 0.885. The second-order valence-corrected chi connectivity index (χ2v) is 5.74. The normalized spacial score (nSPS) is 27.5. The summed E-state index contributed by atoms with van der Waals surface area (Å²) in [5.74, 6) is 2.22. The van der Waals surface area contributed by atoms with Gasteiger partial charge in [0.1, 0.15) is 0 Å². The van der Waals surface area contributed by atoms with Crippen LogP contribution in [0.1, 0.15) is 52.3 Å². The van der Waals surface area contributed by atoms with E-state index >= 15 is 0 Å². The molecule has 0 saturated heterocycles. The molecule has 0 atom stereocenters. The van der Waals surface area contributed by atoms with Crippen molar-refractivity contribution in [1.82, 2.24) is 10.1 Å². The van der Waals surface area contributed by atoms with Crippen molar-refractivity contribution in [2.45, 2.75) is 51.9 Å². The molecule has 0 aliphatic heterocycles. The Balaban J connectivity index is 2.20. The van der Waals surface area contributed by atoms with Gasteiger partial charge in [0, 0.05) is 19.6 Å². The summed E-state index contributed by atoms with van der Waals surface area (Å²) in [7, 11) is 0. The lowest BCUT2D eigenvalue weighted by atomic mass is 9.71. The number of nitrogens with zero attached hydrogens (tertiary/aromatic N) is 3. The summed E-state index contributed by atoms with van der Waals surface area (Å²) in [6.07, 6.45) is 4.51. The summed E-state index contributed by atoms with van der Waals surface area (Å²) >= 11 is 0. The zero-order valence-corrected chi connectivity index (χ0v) is 12.4. The van der Waals surface area contributed by atoms with Crippen molar-refractivity contribution in [1.29, 1.82) is 0 Å². The fourth-order valence-electron chi connectivity index (χ4n) is 2.89. The predicted molar refractivity (Wildman–Crippen MR) is 76.2 cm³/mol. The number of hydrogen-bond acceptors (Lipinski definition) is 5. The largest absolute Gasteiger partial charge is 0.339 e. The molecular formula is C14H26N4O. The molecule has 1 heterocycles. The van der Waals surface area contributed by atoms with Gasteiger partial charge in [-0.15, -0.1) is 0 Å². The van der Waals surface area contributed by atoms with Crippen LogP contribution in [0.25, 0.3) is 0 Å². The van der Waals surface area contributed by atoms with Crippen LogP contribution in [0.3, 0.4) is 0 Å². The zero-order chi connectivity index (χ0) is 13.9. The lowest BCUT2D eigenvalue weighted by Gasteiger charge is -2.35. The van der Waals surface area contributed by atoms with E-state index in [1.54, 1.807) is 0 Å². The van der Waals surface area contributed by atoms with Gasteiger partial charge in [-0.1, -0.05) is 6.92 Å².